The maximum absolute atomic E-state index is 12.8. The average Bonchev–Trinajstić information content (AvgIpc) is 2.79. The first-order valence-corrected chi connectivity index (χ1v) is 11.4. The first-order valence-electron chi connectivity index (χ1n) is 10.0. The molecule has 3 aromatic rings. The number of halogens is 1. The van der Waals surface area contributed by atoms with Crippen LogP contribution in [0.1, 0.15) is 28.4 Å². The van der Waals surface area contributed by atoms with Crippen molar-refractivity contribution in [3.8, 4) is 11.5 Å². The lowest BCUT2D eigenvalue weighted by atomic mass is 10.1. The predicted molar refractivity (Wildman–Crippen MR) is 127 cm³/mol. The van der Waals surface area contributed by atoms with Gasteiger partial charge in [0.05, 0.1) is 13.7 Å². The summed E-state index contributed by atoms with van der Waals surface area (Å²) in [6.07, 6.45) is 0. The van der Waals surface area contributed by atoms with Gasteiger partial charge in [-0.15, -0.1) is 11.8 Å². The summed E-state index contributed by atoms with van der Waals surface area (Å²) in [4.78, 5) is 15.7. The number of methoxy groups -OCH3 is 1. The molecular weight excluding hydrogens is 430 g/mol. The second kappa shape index (κ2) is 11.1. The first-order chi connectivity index (χ1) is 15.0. The summed E-state index contributed by atoms with van der Waals surface area (Å²) in [5.74, 6) is 2.18. The minimum Gasteiger partial charge on any atom is -0.493 e. The Hall–Kier alpha value is -2.63. The van der Waals surface area contributed by atoms with Crippen LogP contribution in [0.4, 0.5) is 0 Å². The summed E-state index contributed by atoms with van der Waals surface area (Å²) in [6, 6.07) is 21.3. The van der Waals surface area contributed by atoms with E-state index in [1.54, 1.807) is 30.8 Å². The van der Waals surface area contributed by atoms with Gasteiger partial charge in [0.2, 0.25) is 0 Å². The molecule has 6 heteroatoms. The number of thioether (sulfide) groups is 1. The molecule has 0 spiro atoms. The molecule has 0 aromatic heterocycles. The predicted octanol–water partition coefficient (Wildman–Crippen LogP) is 6.31. The van der Waals surface area contributed by atoms with E-state index in [2.05, 4.69) is 0 Å². The van der Waals surface area contributed by atoms with Crippen molar-refractivity contribution in [2.75, 3.05) is 20.8 Å². The summed E-state index contributed by atoms with van der Waals surface area (Å²) in [7, 11) is 3.42. The number of hydrogen-bond acceptors (Lipinski definition) is 4. The van der Waals surface area contributed by atoms with E-state index in [4.69, 9.17) is 21.1 Å². The van der Waals surface area contributed by atoms with E-state index in [0.717, 1.165) is 26.8 Å². The van der Waals surface area contributed by atoms with E-state index >= 15 is 0 Å². The van der Waals surface area contributed by atoms with E-state index in [-0.39, 0.29) is 5.91 Å². The first kappa shape index (κ1) is 23.0. The number of hydrogen-bond donors (Lipinski definition) is 0. The van der Waals surface area contributed by atoms with Gasteiger partial charge >= 0.3 is 0 Å². The molecule has 0 aliphatic heterocycles. The molecule has 0 bridgehead atoms. The number of benzene rings is 3. The van der Waals surface area contributed by atoms with Crippen molar-refractivity contribution in [3.63, 3.8) is 0 Å². The smallest absolute Gasteiger partial charge is 0.253 e. The zero-order valence-electron chi connectivity index (χ0n) is 17.9. The fourth-order valence-electron chi connectivity index (χ4n) is 3.09. The highest BCUT2D eigenvalue weighted by molar-refractivity contribution is 7.98. The maximum Gasteiger partial charge on any atom is 0.253 e. The standard InChI is InChI=1S/C25H26ClNO3S/c1-4-30-23-14-7-19(15-24(23)29-3)16-27(2)25(28)20-8-5-18(6-9-20)17-31-22-12-10-21(26)11-13-22/h5-15H,4,16-17H2,1-3H3. The van der Waals surface area contributed by atoms with Crippen LogP contribution < -0.4 is 9.47 Å². The van der Waals surface area contributed by atoms with Crippen LogP contribution in [0.25, 0.3) is 0 Å². The molecule has 0 aliphatic rings. The molecule has 1 amide bonds. The lowest BCUT2D eigenvalue weighted by Gasteiger charge is -2.19. The molecule has 31 heavy (non-hydrogen) atoms. The van der Waals surface area contributed by atoms with Gasteiger partial charge in [-0.3, -0.25) is 4.79 Å². The third-order valence-corrected chi connectivity index (χ3v) is 6.05. The number of rotatable bonds is 9. The quantitative estimate of drug-likeness (QED) is 0.354. The topological polar surface area (TPSA) is 38.8 Å². The molecule has 0 aliphatic carbocycles. The van der Waals surface area contributed by atoms with Gasteiger partial charge in [-0.05, 0) is 66.6 Å². The molecule has 0 atom stereocenters. The lowest BCUT2D eigenvalue weighted by molar-refractivity contribution is 0.0785. The van der Waals surface area contributed by atoms with Crippen LogP contribution in [0.2, 0.25) is 5.02 Å². The molecule has 0 fully saturated rings. The minimum absolute atomic E-state index is 0.0234. The molecule has 4 nitrogen and oxygen atoms in total. The van der Waals surface area contributed by atoms with Gasteiger partial charge in [0.25, 0.3) is 5.91 Å². The molecule has 0 saturated carbocycles. The second-order valence-corrected chi connectivity index (χ2v) is 8.50. The van der Waals surface area contributed by atoms with Crippen LogP contribution in [0.3, 0.4) is 0 Å². The van der Waals surface area contributed by atoms with Crippen molar-refractivity contribution in [1.29, 1.82) is 0 Å². The molecule has 0 unspecified atom stereocenters. The Kier molecular flexibility index (Phi) is 8.27. The van der Waals surface area contributed by atoms with Crippen LogP contribution in [-0.4, -0.2) is 31.6 Å². The molecular formula is C25H26ClNO3S. The Balaban J connectivity index is 1.59. The fraction of sp³-hybridized carbons (Fsp3) is 0.240. The van der Waals surface area contributed by atoms with Crippen LogP contribution >= 0.6 is 23.4 Å². The molecule has 0 radical (unpaired) electrons. The van der Waals surface area contributed by atoms with E-state index in [0.29, 0.717) is 30.2 Å². The highest BCUT2D eigenvalue weighted by Gasteiger charge is 2.14. The van der Waals surface area contributed by atoms with Gasteiger partial charge in [-0.25, -0.2) is 0 Å². The Labute approximate surface area is 193 Å². The van der Waals surface area contributed by atoms with Crippen LogP contribution in [0.5, 0.6) is 11.5 Å². The summed E-state index contributed by atoms with van der Waals surface area (Å²) < 4.78 is 11.0. The van der Waals surface area contributed by atoms with Crippen LogP contribution in [0, 0.1) is 0 Å². The highest BCUT2D eigenvalue weighted by atomic mass is 35.5. The normalized spacial score (nSPS) is 10.6. The number of ether oxygens (including phenoxy) is 2. The number of nitrogens with zero attached hydrogens (tertiary/aromatic N) is 1. The molecule has 3 rings (SSSR count). The SMILES string of the molecule is CCOc1ccc(CN(C)C(=O)c2ccc(CSc3ccc(Cl)cc3)cc2)cc1OC. The van der Waals surface area contributed by atoms with Gasteiger partial charge in [0, 0.05) is 34.8 Å². The molecule has 0 N–H and O–H groups in total. The minimum atomic E-state index is -0.0234. The average molecular weight is 456 g/mol. The summed E-state index contributed by atoms with van der Waals surface area (Å²) in [5.41, 5.74) is 2.81. The third kappa shape index (κ3) is 6.42. The molecule has 0 heterocycles. The molecule has 162 valence electrons. The van der Waals surface area contributed by atoms with Crippen molar-refractivity contribution in [3.05, 3.63) is 88.4 Å². The third-order valence-electron chi connectivity index (χ3n) is 4.71. The van der Waals surface area contributed by atoms with E-state index in [9.17, 15) is 4.79 Å². The largest absolute Gasteiger partial charge is 0.493 e. The molecule has 0 saturated heterocycles. The van der Waals surface area contributed by atoms with Crippen molar-refractivity contribution in [2.24, 2.45) is 0 Å². The molecule has 3 aromatic carbocycles. The second-order valence-electron chi connectivity index (χ2n) is 7.02. The van der Waals surface area contributed by atoms with E-state index in [1.165, 1.54) is 0 Å². The van der Waals surface area contributed by atoms with Gasteiger partial charge in [0.1, 0.15) is 0 Å². The van der Waals surface area contributed by atoms with Gasteiger partial charge in [-0.1, -0.05) is 29.8 Å². The fourth-order valence-corrected chi connectivity index (χ4v) is 4.07. The van der Waals surface area contributed by atoms with E-state index in [1.807, 2.05) is 73.7 Å². The summed E-state index contributed by atoms with van der Waals surface area (Å²) >= 11 is 7.67. The van der Waals surface area contributed by atoms with Crippen molar-refractivity contribution in [1.82, 2.24) is 4.90 Å². The Bertz CT molecular complexity index is 1010. The number of carbonyl (C=O) groups is 1. The number of carbonyl (C=O) groups excluding carboxylic acids is 1. The number of amides is 1. The van der Waals surface area contributed by atoms with Crippen LogP contribution in [0.15, 0.2) is 71.6 Å². The van der Waals surface area contributed by atoms with Crippen LogP contribution in [-0.2, 0) is 12.3 Å². The monoisotopic (exact) mass is 455 g/mol. The maximum atomic E-state index is 12.8. The van der Waals surface area contributed by atoms with Crippen molar-refractivity contribution < 1.29 is 14.3 Å². The zero-order chi connectivity index (χ0) is 22.2. The van der Waals surface area contributed by atoms with Gasteiger partial charge in [0.15, 0.2) is 11.5 Å². The Morgan fingerprint density at radius 2 is 1.65 bits per heavy atom. The van der Waals surface area contributed by atoms with Gasteiger partial charge < -0.3 is 14.4 Å². The van der Waals surface area contributed by atoms with E-state index < -0.39 is 0 Å². The lowest BCUT2D eigenvalue weighted by Crippen LogP contribution is -2.26. The van der Waals surface area contributed by atoms with Crippen molar-refractivity contribution in [2.45, 2.75) is 24.1 Å². The Morgan fingerprint density at radius 1 is 0.968 bits per heavy atom. The highest BCUT2D eigenvalue weighted by Crippen LogP contribution is 2.29. The summed E-state index contributed by atoms with van der Waals surface area (Å²) in [5, 5.41) is 0.736. The van der Waals surface area contributed by atoms with Gasteiger partial charge in [-0.2, -0.15) is 0 Å². The van der Waals surface area contributed by atoms with Crippen molar-refractivity contribution >= 4 is 29.3 Å². The Morgan fingerprint density at radius 3 is 2.29 bits per heavy atom. The zero-order valence-corrected chi connectivity index (χ0v) is 19.5. The summed E-state index contributed by atoms with van der Waals surface area (Å²) in [6.45, 7) is 2.99.